The van der Waals surface area contributed by atoms with Crippen molar-refractivity contribution >= 4 is 30.5 Å². The van der Waals surface area contributed by atoms with Gasteiger partial charge in [0.25, 0.3) is 0 Å². The van der Waals surface area contributed by atoms with E-state index in [1.54, 1.807) is 0 Å². The summed E-state index contributed by atoms with van der Waals surface area (Å²) in [5.74, 6) is -1.28. The van der Waals surface area contributed by atoms with Crippen molar-refractivity contribution in [2.45, 2.75) is 70.5 Å². The van der Waals surface area contributed by atoms with Crippen LogP contribution in [-0.2, 0) is 36.7 Å². The number of carbonyl (C=O) groups is 3. The summed E-state index contributed by atoms with van der Waals surface area (Å²) in [5.41, 5.74) is 7.02. The highest BCUT2D eigenvalue weighted by atomic mass is 16.7. The van der Waals surface area contributed by atoms with Crippen LogP contribution in [0.3, 0.4) is 0 Å². The largest absolute Gasteiger partial charge is 0.494 e. The molecule has 0 spiro atoms. The van der Waals surface area contributed by atoms with Gasteiger partial charge in [0, 0.05) is 13.0 Å². The Labute approximate surface area is 223 Å². The normalized spacial score (nSPS) is 17.3. The Balaban J connectivity index is 1.44. The molecule has 5 N–H and O–H groups in total. The van der Waals surface area contributed by atoms with E-state index in [0.717, 1.165) is 16.6 Å². The van der Waals surface area contributed by atoms with E-state index in [9.17, 15) is 19.5 Å². The monoisotopic (exact) mass is 525 g/mol. The summed E-state index contributed by atoms with van der Waals surface area (Å²) >= 11 is 0. The standard InChI is InChI=1S/C27H36BN3O7/c1-26(2)27(3,4)38-28(37-26)20-12-10-18(11-13-20)14-22(24(29)34)31-23(33)15-21(32)16-30-25(35)36-17-19-8-6-5-7-9-19/h5-13,21-22,32H,14-17H2,1-4H3,(H2,29,34)(H,30,35)(H,31,33)/t21-,22-/m1/s1. The lowest BCUT2D eigenvalue weighted by molar-refractivity contribution is -0.128. The van der Waals surface area contributed by atoms with Crippen LogP contribution in [0.4, 0.5) is 4.79 Å². The number of aliphatic hydroxyl groups is 1. The van der Waals surface area contributed by atoms with Gasteiger partial charge in [-0.25, -0.2) is 4.79 Å². The van der Waals surface area contributed by atoms with Gasteiger partial charge in [-0.15, -0.1) is 0 Å². The second-order valence-corrected chi connectivity index (χ2v) is 10.4. The molecule has 1 fully saturated rings. The van der Waals surface area contributed by atoms with Crippen LogP contribution in [-0.4, -0.2) is 60.0 Å². The van der Waals surface area contributed by atoms with Gasteiger partial charge in [0.15, 0.2) is 0 Å². The molecule has 38 heavy (non-hydrogen) atoms. The average molecular weight is 525 g/mol. The molecule has 2 aromatic carbocycles. The Hall–Kier alpha value is -3.41. The number of hydrogen-bond donors (Lipinski definition) is 4. The Morgan fingerprint density at radius 3 is 2.16 bits per heavy atom. The molecular formula is C27H36BN3O7. The summed E-state index contributed by atoms with van der Waals surface area (Å²) in [4.78, 5) is 36.2. The van der Waals surface area contributed by atoms with E-state index < -0.39 is 48.4 Å². The fraction of sp³-hybridized carbons (Fsp3) is 0.444. The van der Waals surface area contributed by atoms with Crippen LogP contribution in [0, 0.1) is 0 Å². The van der Waals surface area contributed by atoms with Gasteiger partial charge in [-0.1, -0.05) is 54.6 Å². The van der Waals surface area contributed by atoms with Gasteiger partial charge in [-0.05, 0) is 44.3 Å². The predicted octanol–water partition coefficient (Wildman–Crippen LogP) is 1.18. The first-order chi connectivity index (χ1) is 17.9. The van der Waals surface area contributed by atoms with Crippen LogP contribution in [0.2, 0.25) is 0 Å². The van der Waals surface area contributed by atoms with Crippen molar-refractivity contribution in [2.24, 2.45) is 5.73 Å². The Morgan fingerprint density at radius 1 is 0.974 bits per heavy atom. The van der Waals surface area contributed by atoms with Crippen LogP contribution in [0.5, 0.6) is 0 Å². The van der Waals surface area contributed by atoms with Crippen molar-refractivity contribution in [3.63, 3.8) is 0 Å². The SMILES string of the molecule is CC1(C)OB(c2ccc(C[C@@H](NC(=O)C[C@@H](O)CNC(=O)OCc3ccccc3)C(N)=O)cc2)OC1(C)C. The number of alkyl carbamates (subject to hydrolysis) is 1. The topological polar surface area (TPSA) is 149 Å². The molecule has 1 saturated heterocycles. The number of nitrogens with two attached hydrogens (primary N) is 1. The third kappa shape index (κ3) is 8.05. The molecule has 10 nitrogen and oxygen atoms in total. The molecule has 3 rings (SSSR count). The van der Waals surface area contributed by atoms with Crippen molar-refractivity contribution in [1.82, 2.24) is 10.6 Å². The zero-order valence-electron chi connectivity index (χ0n) is 22.2. The van der Waals surface area contributed by atoms with E-state index in [1.807, 2.05) is 82.3 Å². The number of ether oxygens (including phenoxy) is 1. The maximum Gasteiger partial charge on any atom is 0.494 e. The Kier molecular flexibility index (Phi) is 9.53. The smallest absolute Gasteiger partial charge is 0.445 e. The van der Waals surface area contributed by atoms with Gasteiger partial charge in [0.05, 0.1) is 23.7 Å². The summed E-state index contributed by atoms with van der Waals surface area (Å²) in [5, 5.41) is 15.1. The van der Waals surface area contributed by atoms with E-state index in [2.05, 4.69) is 10.6 Å². The van der Waals surface area contributed by atoms with Gasteiger partial charge in [0.1, 0.15) is 12.6 Å². The highest BCUT2D eigenvalue weighted by Gasteiger charge is 2.51. The first-order valence-corrected chi connectivity index (χ1v) is 12.5. The zero-order chi connectivity index (χ0) is 27.9. The highest BCUT2D eigenvalue weighted by molar-refractivity contribution is 6.62. The van der Waals surface area contributed by atoms with Gasteiger partial charge >= 0.3 is 13.2 Å². The second kappa shape index (κ2) is 12.4. The molecule has 0 bridgehead atoms. The van der Waals surface area contributed by atoms with Gasteiger partial charge in [0.2, 0.25) is 11.8 Å². The minimum atomic E-state index is -1.17. The lowest BCUT2D eigenvalue weighted by Crippen LogP contribution is -2.47. The highest BCUT2D eigenvalue weighted by Crippen LogP contribution is 2.36. The second-order valence-electron chi connectivity index (χ2n) is 10.4. The molecule has 2 atom stereocenters. The van der Waals surface area contributed by atoms with Gasteiger partial charge in [-0.2, -0.15) is 0 Å². The minimum absolute atomic E-state index is 0.0845. The molecule has 0 radical (unpaired) electrons. The molecule has 0 aliphatic carbocycles. The maximum absolute atomic E-state index is 12.4. The zero-order valence-corrected chi connectivity index (χ0v) is 22.2. The van der Waals surface area contributed by atoms with Gasteiger partial charge < -0.3 is 35.5 Å². The maximum atomic E-state index is 12.4. The summed E-state index contributed by atoms with van der Waals surface area (Å²) in [6, 6.07) is 15.5. The van der Waals surface area contributed by atoms with Crippen molar-refractivity contribution in [3.8, 4) is 0 Å². The molecule has 0 unspecified atom stereocenters. The van der Waals surface area contributed by atoms with E-state index in [-0.39, 0.29) is 26.0 Å². The minimum Gasteiger partial charge on any atom is -0.445 e. The number of hydrogen-bond acceptors (Lipinski definition) is 7. The Bertz CT molecular complexity index is 1090. The number of amides is 3. The molecule has 1 aliphatic heterocycles. The third-order valence-electron chi connectivity index (χ3n) is 6.74. The summed E-state index contributed by atoms with van der Waals surface area (Å²) < 4.78 is 17.2. The molecule has 0 saturated carbocycles. The number of aliphatic hydroxyl groups excluding tert-OH is 1. The third-order valence-corrected chi connectivity index (χ3v) is 6.74. The van der Waals surface area contributed by atoms with Crippen molar-refractivity contribution in [3.05, 3.63) is 65.7 Å². The van der Waals surface area contributed by atoms with Crippen LogP contribution in [0.15, 0.2) is 54.6 Å². The molecule has 1 heterocycles. The lowest BCUT2D eigenvalue weighted by atomic mass is 9.78. The molecule has 11 heteroatoms. The first kappa shape index (κ1) is 29.2. The first-order valence-electron chi connectivity index (χ1n) is 12.5. The van der Waals surface area contributed by atoms with Gasteiger partial charge in [-0.3, -0.25) is 9.59 Å². The van der Waals surface area contributed by atoms with Crippen LogP contribution in [0.25, 0.3) is 0 Å². The predicted molar refractivity (Wildman–Crippen MR) is 142 cm³/mol. The van der Waals surface area contributed by atoms with Crippen molar-refractivity contribution in [2.75, 3.05) is 6.54 Å². The molecular weight excluding hydrogens is 489 g/mol. The van der Waals surface area contributed by atoms with E-state index in [1.165, 1.54) is 0 Å². The van der Waals surface area contributed by atoms with Crippen molar-refractivity contribution in [1.29, 1.82) is 0 Å². The van der Waals surface area contributed by atoms with E-state index in [0.29, 0.717) is 0 Å². The van der Waals surface area contributed by atoms with Crippen LogP contribution < -0.4 is 21.8 Å². The quantitative estimate of drug-likeness (QED) is 0.322. The molecule has 1 aliphatic rings. The molecule has 2 aromatic rings. The molecule has 204 valence electrons. The molecule has 3 amide bonds. The average Bonchev–Trinajstić information content (AvgIpc) is 3.08. The van der Waals surface area contributed by atoms with Crippen LogP contribution >= 0.6 is 0 Å². The number of primary amides is 1. The van der Waals surface area contributed by atoms with Crippen LogP contribution in [0.1, 0.15) is 45.2 Å². The summed E-state index contributed by atoms with van der Waals surface area (Å²) in [6.07, 6.45) is -2.05. The van der Waals surface area contributed by atoms with E-state index in [4.69, 9.17) is 19.8 Å². The van der Waals surface area contributed by atoms with Crippen molar-refractivity contribution < 1.29 is 33.5 Å². The summed E-state index contributed by atoms with van der Waals surface area (Å²) in [7, 11) is -0.508. The van der Waals surface area contributed by atoms with E-state index >= 15 is 0 Å². The fourth-order valence-electron chi connectivity index (χ4n) is 3.76. The lowest BCUT2D eigenvalue weighted by Gasteiger charge is -2.32. The number of rotatable bonds is 11. The number of benzene rings is 2. The fourth-order valence-corrected chi connectivity index (χ4v) is 3.76. The summed E-state index contributed by atoms with van der Waals surface area (Å²) in [6.45, 7) is 7.81. The number of nitrogens with one attached hydrogen (secondary N) is 2. The Morgan fingerprint density at radius 2 is 1.58 bits per heavy atom. The number of carbonyl (C=O) groups excluding carboxylic acids is 3. The molecule has 0 aromatic heterocycles.